The molecule has 4 nitrogen and oxygen atoms in total. The van der Waals surface area contributed by atoms with E-state index in [1.54, 1.807) is 0 Å². The molecule has 0 spiro atoms. The fourth-order valence-corrected chi connectivity index (χ4v) is 2.36. The highest BCUT2D eigenvalue weighted by molar-refractivity contribution is 5.70. The van der Waals surface area contributed by atoms with Crippen molar-refractivity contribution < 1.29 is 0 Å². The molecule has 3 aromatic rings. The summed E-state index contributed by atoms with van der Waals surface area (Å²) < 4.78 is 0. The molecule has 112 valence electrons. The van der Waals surface area contributed by atoms with Crippen LogP contribution in [0.15, 0.2) is 54.6 Å². The molecule has 22 heavy (non-hydrogen) atoms. The Bertz CT molecular complexity index is 740. The van der Waals surface area contributed by atoms with E-state index in [9.17, 15) is 0 Å². The zero-order valence-electron chi connectivity index (χ0n) is 13.1. The molecular weight excluding hydrogens is 272 g/mol. The highest BCUT2D eigenvalue weighted by atomic mass is 15.1. The number of hydrogen-bond acceptors (Lipinski definition) is 3. The summed E-state index contributed by atoms with van der Waals surface area (Å²) >= 11 is 0. The molecule has 0 aliphatic carbocycles. The molecule has 1 aromatic heterocycles. The molecule has 0 aliphatic heterocycles. The van der Waals surface area contributed by atoms with Crippen LogP contribution in [0.5, 0.6) is 0 Å². The first kappa shape index (κ1) is 14.2. The summed E-state index contributed by atoms with van der Waals surface area (Å²) in [4.78, 5) is 2.09. The van der Waals surface area contributed by atoms with Gasteiger partial charge >= 0.3 is 0 Å². The number of hydrogen-bond donors (Lipinski definition) is 2. The minimum Gasteiger partial charge on any atom is -0.388 e. The smallest absolute Gasteiger partial charge is 0.0927 e. The number of H-pyrrole nitrogens is 1. The maximum atomic E-state index is 4.42. The molecule has 2 N–H and O–H groups in total. The summed E-state index contributed by atoms with van der Waals surface area (Å²) in [6.07, 6.45) is 0. The van der Waals surface area contributed by atoms with Crippen LogP contribution in [0.25, 0.3) is 22.5 Å². The lowest BCUT2D eigenvalue weighted by molar-refractivity contribution is 1.10. The number of nitrogens with zero attached hydrogens (tertiary/aromatic N) is 2. The van der Waals surface area contributed by atoms with Gasteiger partial charge in [-0.15, -0.1) is 0 Å². The molecule has 0 aliphatic rings. The van der Waals surface area contributed by atoms with Gasteiger partial charge < -0.3 is 10.2 Å². The Balaban J connectivity index is 1.86. The van der Waals surface area contributed by atoms with Gasteiger partial charge in [-0.2, -0.15) is 5.10 Å². The van der Waals surface area contributed by atoms with Crippen LogP contribution in [0.4, 0.5) is 11.4 Å². The van der Waals surface area contributed by atoms with Crippen LogP contribution in [0.3, 0.4) is 0 Å². The van der Waals surface area contributed by atoms with Crippen LogP contribution in [0.1, 0.15) is 0 Å². The van der Waals surface area contributed by atoms with E-state index < -0.39 is 0 Å². The number of aromatic nitrogens is 2. The van der Waals surface area contributed by atoms with Crippen molar-refractivity contribution in [1.82, 2.24) is 10.2 Å². The van der Waals surface area contributed by atoms with Crippen molar-refractivity contribution in [2.24, 2.45) is 0 Å². The quantitative estimate of drug-likeness (QED) is 0.767. The number of nitrogens with one attached hydrogen (secondary N) is 2. The summed E-state index contributed by atoms with van der Waals surface area (Å²) in [6.45, 7) is 0. The third-order valence-electron chi connectivity index (χ3n) is 3.74. The van der Waals surface area contributed by atoms with Crippen molar-refractivity contribution in [3.63, 3.8) is 0 Å². The molecule has 3 rings (SSSR count). The second kappa shape index (κ2) is 5.93. The average molecular weight is 292 g/mol. The van der Waals surface area contributed by atoms with Gasteiger partial charge in [0.15, 0.2) is 0 Å². The Labute approximate surface area is 130 Å². The standard InChI is InChI=1S/C18H20N4/c1-19-15-8-4-13(5-9-15)17-12-18(21-20-17)14-6-10-16(11-7-14)22(2)3/h4-12,19H,1-3H3,(H,20,21). The molecule has 0 atom stereocenters. The largest absolute Gasteiger partial charge is 0.388 e. The first-order valence-corrected chi connectivity index (χ1v) is 7.29. The van der Waals surface area contributed by atoms with E-state index in [0.717, 1.165) is 28.2 Å². The molecule has 0 amide bonds. The van der Waals surface area contributed by atoms with E-state index >= 15 is 0 Å². The fraction of sp³-hybridized carbons (Fsp3) is 0.167. The second-order valence-electron chi connectivity index (χ2n) is 5.44. The van der Waals surface area contributed by atoms with Gasteiger partial charge in [0.05, 0.1) is 11.4 Å². The Morgan fingerprint density at radius 3 is 2.14 bits per heavy atom. The first-order valence-electron chi connectivity index (χ1n) is 7.29. The lowest BCUT2D eigenvalue weighted by Gasteiger charge is -2.12. The van der Waals surface area contributed by atoms with E-state index in [1.165, 1.54) is 5.69 Å². The van der Waals surface area contributed by atoms with Gasteiger partial charge in [-0.25, -0.2) is 0 Å². The normalized spacial score (nSPS) is 10.5. The lowest BCUT2D eigenvalue weighted by atomic mass is 10.1. The Kier molecular flexibility index (Phi) is 3.83. The molecule has 1 heterocycles. The number of benzene rings is 2. The molecule has 2 aromatic carbocycles. The molecule has 0 radical (unpaired) electrons. The number of aromatic amines is 1. The van der Waals surface area contributed by atoms with Crippen molar-refractivity contribution in [2.45, 2.75) is 0 Å². The number of rotatable bonds is 4. The maximum absolute atomic E-state index is 4.42. The second-order valence-corrected chi connectivity index (χ2v) is 5.44. The van der Waals surface area contributed by atoms with Gasteiger partial charge in [0, 0.05) is 38.1 Å². The van der Waals surface area contributed by atoms with E-state index in [4.69, 9.17) is 0 Å². The summed E-state index contributed by atoms with van der Waals surface area (Å²) in [5, 5.41) is 10.7. The number of anilines is 2. The zero-order chi connectivity index (χ0) is 15.5. The monoisotopic (exact) mass is 292 g/mol. The van der Waals surface area contributed by atoms with Gasteiger partial charge in [-0.05, 0) is 35.9 Å². The minimum atomic E-state index is 0.953. The Morgan fingerprint density at radius 1 is 0.909 bits per heavy atom. The van der Waals surface area contributed by atoms with Gasteiger partial charge in [-0.1, -0.05) is 24.3 Å². The molecule has 0 saturated heterocycles. The van der Waals surface area contributed by atoms with Crippen molar-refractivity contribution in [3.05, 3.63) is 54.6 Å². The summed E-state index contributed by atoms with van der Waals surface area (Å²) in [5.74, 6) is 0. The summed E-state index contributed by atoms with van der Waals surface area (Å²) in [7, 11) is 6.00. The van der Waals surface area contributed by atoms with Gasteiger partial charge in [0.2, 0.25) is 0 Å². The van der Waals surface area contributed by atoms with Crippen molar-refractivity contribution in [2.75, 3.05) is 31.4 Å². The van der Waals surface area contributed by atoms with Crippen LogP contribution >= 0.6 is 0 Å². The minimum absolute atomic E-state index is 0.953. The van der Waals surface area contributed by atoms with Crippen molar-refractivity contribution >= 4 is 11.4 Å². The van der Waals surface area contributed by atoms with Crippen LogP contribution in [0, 0.1) is 0 Å². The van der Waals surface area contributed by atoms with Crippen LogP contribution in [-0.2, 0) is 0 Å². The first-order chi connectivity index (χ1) is 10.7. The van der Waals surface area contributed by atoms with E-state index in [2.05, 4.69) is 75.0 Å². The summed E-state index contributed by atoms with van der Waals surface area (Å²) in [6, 6.07) is 18.8. The predicted octanol–water partition coefficient (Wildman–Crippen LogP) is 3.85. The third-order valence-corrected chi connectivity index (χ3v) is 3.74. The van der Waals surface area contributed by atoms with Gasteiger partial charge in [0.1, 0.15) is 0 Å². The van der Waals surface area contributed by atoms with Crippen LogP contribution in [0.2, 0.25) is 0 Å². The lowest BCUT2D eigenvalue weighted by Crippen LogP contribution is -2.07. The van der Waals surface area contributed by atoms with Crippen LogP contribution in [-0.4, -0.2) is 31.3 Å². The van der Waals surface area contributed by atoms with E-state index in [1.807, 2.05) is 21.1 Å². The third kappa shape index (κ3) is 2.81. The zero-order valence-corrected chi connectivity index (χ0v) is 13.1. The average Bonchev–Trinajstić information content (AvgIpc) is 3.05. The van der Waals surface area contributed by atoms with E-state index in [-0.39, 0.29) is 0 Å². The molecule has 0 unspecified atom stereocenters. The van der Waals surface area contributed by atoms with Crippen molar-refractivity contribution in [1.29, 1.82) is 0 Å². The Morgan fingerprint density at radius 2 is 1.55 bits per heavy atom. The van der Waals surface area contributed by atoms with Crippen LogP contribution < -0.4 is 10.2 Å². The van der Waals surface area contributed by atoms with Gasteiger partial charge in [0.25, 0.3) is 0 Å². The topological polar surface area (TPSA) is 44.0 Å². The molecular formula is C18H20N4. The SMILES string of the molecule is CNc1ccc(-c2cc(-c3ccc(N(C)C)cc3)[nH]n2)cc1. The van der Waals surface area contributed by atoms with Crippen molar-refractivity contribution in [3.8, 4) is 22.5 Å². The molecule has 4 heteroatoms. The molecule has 0 bridgehead atoms. The predicted molar refractivity (Wildman–Crippen MR) is 93.3 cm³/mol. The molecule has 0 fully saturated rings. The summed E-state index contributed by atoms with van der Waals surface area (Å²) in [5.41, 5.74) is 6.50. The Hall–Kier alpha value is -2.75. The maximum Gasteiger partial charge on any atom is 0.0927 e. The highest BCUT2D eigenvalue weighted by Crippen LogP contribution is 2.26. The van der Waals surface area contributed by atoms with Gasteiger partial charge in [-0.3, -0.25) is 5.10 Å². The van der Waals surface area contributed by atoms with E-state index in [0.29, 0.717) is 0 Å². The molecule has 0 saturated carbocycles. The fourth-order valence-electron chi connectivity index (χ4n) is 2.36. The highest BCUT2D eigenvalue weighted by Gasteiger charge is 2.06.